The molecular weight excluding hydrogens is 250 g/mol. The number of sulfone groups is 1. The number of nitrogens with two attached hydrogens (primary N) is 1. The van der Waals surface area contributed by atoms with Crippen LogP contribution in [0.2, 0.25) is 0 Å². The van der Waals surface area contributed by atoms with Crippen molar-refractivity contribution in [2.45, 2.75) is 31.7 Å². The van der Waals surface area contributed by atoms with Crippen molar-refractivity contribution in [1.29, 1.82) is 0 Å². The molecule has 0 saturated heterocycles. The fourth-order valence-electron chi connectivity index (χ4n) is 1.38. The Hall–Kier alpha value is -1.07. The van der Waals surface area contributed by atoms with Gasteiger partial charge >= 0.3 is 0 Å². The van der Waals surface area contributed by atoms with Crippen molar-refractivity contribution in [3.63, 3.8) is 0 Å². The number of benzene rings is 1. The molecule has 102 valence electrons. The highest BCUT2D eigenvalue weighted by Gasteiger charge is 2.27. The molecule has 1 atom stereocenters. The van der Waals surface area contributed by atoms with E-state index in [1.165, 1.54) is 13.2 Å². The molecule has 0 aromatic heterocycles. The van der Waals surface area contributed by atoms with Crippen LogP contribution in [0.4, 0.5) is 0 Å². The number of ether oxygens (including phenoxy) is 1. The zero-order valence-corrected chi connectivity index (χ0v) is 12.1. The van der Waals surface area contributed by atoms with E-state index in [-0.39, 0.29) is 16.1 Å². The molecule has 1 unspecified atom stereocenters. The van der Waals surface area contributed by atoms with E-state index in [0.29, 0.717) is 5.75 Å². The predicted molar refractivity (Wildman–Crippen MR) is 72.5 cm³/mol. The molecule has 0 heterocycles. The van der Waals surface area contributed by atoms with Gasteiger partial charge in [0.2, 0.25) is 0 Å². The first-order valence-corrected chi connectivity index (χ1v) is 7.44. The third-order valence-electron chi connectivity index (χ3n) is 2.91. The van der Waals surface area contributed by atoms with E-state index in [2.05, 4.69) is 0 Å². The lowest BCUT2D eigenvalue weighted by atomic mass is 9.89. The Morgan fingerprint density at radius 1 is 1.33 bits per heavy atom. The summed E-state index contributed by atoms with van der Waals surface area (Å²) in [6, 6.07) is 6.04. The fourth-order valence-corrected chi connectivity index (χ4v) is 3.12. The second kappa shape index (κ2) is 5.28. The first-order valence-electron chi connectivity index (χ1n) is 5.79. The van der Waals surface area contributed by atoms with Crippen molar-refractivity contribution >= 4 is 9.84 Å². The Morgan fingerprint density at radius 2 is 1.94 bits per heavy atom. The van der Waals surface area contributed by atoms with Gasteiger partial charge in [0, 0.05) is 6.04 Å². The van der Waals surface area contributed by atoms with Gasteiger partial charge in [0.05, 0.1) is 17.8 Å². The Kier molecular flexibility index (Phi) is 4.40. The number of hydrogen-bond acceptors (Lipinski definition) is 4. The summed E-state index contributed by atoms with van der Waals surface area (Å²) in [5, 5.41) is 0. The molecule has 4 nitrogen and oxygen atoms in total. The van der Waals surface area contributed by atoms with Crippen LogP contribution < -0.4 is 10.5 Å². The second-order valence-corrected chi connectivity index (χ2v) is 7.47. The SMILES string of the molecule is COc1cccc(S(=O)(=O)CC(N)C(C)(C)C)c1. The van der Waals surface area contributed by atoms with Gasteiger partial charge in [-0.1, -0.05) is 26.8 Å². The standard InChI is InChI=1S/C13H21NO3S/c1-13(2,3)12(14)9-18(15,16)11-7-5-6-10(8-11)17-4/h5-8,12H,9,14H2,1-4H3. The normalized spacial score (nSPS) is 14.3. The molecule has 5 heteroatoms. The molecule has 0 aliphatic heterocycles. The summed E-state index contributed by atoms with van der Waals surface area (Å²) < 4.78 is 29.5. The Morgan fingerprint density at radius 3 is 2.44 bits per heavy atom. The largest absolute Gasteiger partial charge is 0.497 e. The topological polar surface area (TPSA) is 69.4 Å². The lowest BCUT2D eigenvalue weighted by Crippen LogP contribution is -2.41. The number of rotatable bonds is 4. The molecule has 0 radical (unpaired) electrons. The Bertz CT molecular complexity index is 503. The van der Waals surface area contributed by atoms with Crippen LogP contribution in [0.3, 0.4) is 0 Å². The molecule has 0 amide bonds. The predicted octanol–water partition coefficient (Wildman–Crippen LogP) is 1.84. The zero-order valence-electron chi connectivity index (χ0n) is 11.3. The summed E-state index contributed by atoms with van der Waals surface area (Å²) in [4.78, 5) is 0.251. The third kappa shape index (κ3) is 3.71. The van der Waals surface area contributed by atoms with Crippen molar-refractivity contribution in [2.75, 3.05) is 12.9 Å². The highest BCUT2D eigenvalue weighted by molar-refractivity contribution is 7.91. The van der Waals surface area contributed by atoms with Gasteiger partial charge in [0.25, 0.3) is 0 Å². The maximum absolute atomic E-state index is 12.2. The van der Waals surface area contributed by atoms with Crippen LogP contribution in [0.25, 0.3) is 0 Å². The van der Waals surface area contributed by atoms with Crippen molar-refractivity contribution in [3.05, 3.63) is 24.3 Å². The van der Waals surface area contributed by atoms with E-state index in [0.717, 1.165) is 0 Å². The zero-order chi connectivity index (χ0) is 14.0. The van der Waals surface area contributed by atoms with Crippen LogP contribution in [0.5, 0.6) is 5.75 Å². The van der Waals surface area contributed by atoms with E-state index in [1.807, 2.05) is 20.8 Å². The van der Waals surface area contributed by atoms with E-state index in [9.17, 15) is 8.42 Å². The average Bonchev–Trinajstić information content (AvgIpc) is 2.27. The molecule has 0 bridgehead atoms. The van der Waals surface area contributed by atoms with Crippen molar-refractivity contribution in [1.82, 2.24) is 0 Å². The van der Waals surface area contributed by atoms with Crippen molar-refractivity contribution < 1.29 is 13.2 Å². The molecule has 18 heavy (non-hydrogen) atoms. The van der Waals surface area contributed by atoms with Crippen molar-refractivity contribution in [3.8, 4) is 5.75 Å². The van der Waals surface area contributed by atoms with Gasteiger partial charge in [-0.3, -0.25) is 0 Å². The number of hydrogen-bond donors (Lipinski definition) is 1. The van der Waals surface area contributed by atoms with Gasteiger partial charge < -0.3 is 10.5 Å². The van der Waals surface area contributed by atoms with Gasteiger partial charge in [-0.15, -0.1) is 0 Å². The van der Waals surface area contributed by atoms with E-state index < -0.39 is 15.9 Å². The summed E-state index contributed by atoms with van der Waals surface area (Å²) >= 11 is 0. The number of methoxy groups -OCH3 is 1. The summed E-state index contributed by atoms with van der Waals surface area (Å²) in [7, 11) is -1.87. The van der Waals surface area contributed by atoms with Crippen LogP contribution >= 0.6 is 0 Å². The summed E-state index contributed by atoms with van der Waals surface area (Å²) in [6.07, 6.45) is 0. The Labute approximate surface area is 109 Å². The highest BCUT2D eigenvalue weighted by atomic mass is 32.2. The van der Waals surface area contributed by atoms with Gasteiger partial charge in [-0.05, 0) is 23.6 Å². The second-order valence-electron chi connectivity index (χ2n) is 5.43. The van der Waals surface area contributed by atoms with Crippen LogP contribution in [0, 0.1) is 5.41 Å². The van der Waals surface area contributed by atoms with E-state index in [1.54, 1.807) is 18.2 Å². The van der Waals surface area contributed by atoms with Gasteiger partial charge in [-0.2, -0.15) is 0 Å². The molecule has 1 aromatic carbocycles. The van der Waals surface area contributed by atoms with Gasteiger partial charge in [-0.25, -0.2) is 8.42 Å². The van der Waals surface area contributed by atoms with Gasteiger partial charge in [0.15, 0.2) is 9.84 Å². The molecule has 0 fully saturated rings. The van der Waals surface area contributed by atoms with Crippen LogP contribution in [0.1, 0.15) is 20.8 Å². The molecule has 0 aliphatic rings. The molecule has 2 N–H and O–H groups in total. The third-order valence-corrected chi connectivity index (χ3v) is 4.68. The van der Waals surface area contributed by atoms with Crippen LogP contribution in [0.15, 0.2) is 29.2 Å². The van der Waals surface area contributed by atoms with Gasteiger partial charge in [0.1, 0.15) is 5.75 Å². The molecule has 0 saturated carbocycles. The minimum atomic E-state index is -3.38. The fraction of sp³-hybridized carbons (Fsp3) is 0.538. The molecule has 1 aromatic rings. The van der Waals surface area contributed by atoms with Crippen LogP contribution in [-0.2, 0) is 9.84 Å². The maximum atomic E-state index is 12.2. The van der Waals surface area contributed by atoms with E-state index in [4.69, 9.17) is 10.5 Å². The first-order chi connectivity index (χ1) is 8.16. The molecule has 0 spiro atoms. The molecular formula is C13H21NO3S. The Balaban J connectivity index is 3.00. The summed E-state index contributed by atoms with van der Waals surface area (Å²) in [5.41, 5.74) is 5.69. The monoisotopic (exact) mass is 271 g/mol. The average molecular weight is 271 g/mol. The first kappa shape index (κ1) is 15.0. The van der Waals surface area contributed by atoms with Crippen molar-refractivity contribution in [2.24, 2.45) is 11.1 Å². The maximum Gasteiger partial charge on any atom is 0.180 e. The quantitative estimate of drug-likeness (QED) is 0.907. The minimum absolute atomic E-state index is 0.0658. The highest BCUT2D eigenvalue weighted by Crippen LogP contribution is 2.23. The smallest absolute Gasteiger partial charge is 0.180 e. The van der Waals surface area contributed by atoms with E-state index >= 15 is 0 Å². The lowest BCUT2D eigenvalue weighted by Gasteiger charge is -2.26. The summed E-state index contributed by atoms with van der Waals surface area (Å²) in [6.45, 7) is 5.79. The minimum Gasteiger partial charge on any atom is -0.497 e. The molecule has 0 aliphatic carbocycles. The van der Waals surface area contributed by atoms with Crippen LogP contribution in [-0.4, -0.2) is 27.3 Å². The lowest BCUT2D eigenvalue weighted by molar-refractivity contribution is 0.340. The molecule has 1 rings (SSSR count). The summed E-state index contributed by atoms with van der Waals surface area (Å²) in [5.74, 6) is 0.462.